The van der Waals surface area contributed by atoms with Crippen LogP contribution in [-0.4, -0.2) is 35.7 Å². The number of Topliss-reactive ketones (excluding diaryl/α,β-unsaturated/α-hetero) is 1. The minimum atomic E-state index is -4.57. The van der Waals surface area contributed by atoms with Gasteiger partial charge in [-0.1, -0.05) is 13.0 Å². The normalized spacial score (nSPS) is 21.7. The number of nitrogens with one attached hydrogen (secondary N) is 1. The molecule has 2 rings (SSSR count). The first-order valence-corrected chi connectivity index (χ1v) is 8.74. The van der Waals surface area contributed by atoms with E-state index >= 15 is 0 Å². The van der Waals surface area contributed by atoms with Crippen LogP contribution in [0.3, 0.4) is 0 Å². The number of nitro groups is 1. The molecule has 1 aliphatic carbocycles. The van der Waals surface area contributed by atoms with Crippen molar-refractivity contribution < 1.29 is 37.2 Å². The Balaban J connectivity index is 1.88. The van der Waals surface area contributed by atoms with E-state index in [9.17, 15) is 37.7 Å². The summed E-state index contributed by atoms with van der Waals surface area (Å²) in [6.07, 6.45) is -4.83. The van der Waals surface area contributed by atoms with Gasteiger partial charge in [-0.3, -0.25) is 24.5 Å². The maximum Gasteiger partial charge on any atom is 0.416 e. The number of amides is 1. The Morgan fingerprint density at radius 1 is 1.34 bits per heavy atom. The van der Waals surface area contributed by atoms with Crippen LogP contribution in [-0.2, 0) is 25.3 Å². The van der Waals surface area contributed by atoms with Gasteiger partial charge in [-0.25, -0.2) is 0 Å². The van der Waals surface area contributed by atoms with Gasteiger partial charge in [0.1, 0.15) is 5.78 Å². The number of hydrogen-bond acceptors (Lipinski definition) is 6. The van der Waals surface area contributed by atoms with Gasteiger partial charge in [0.05, 0.1) is 12.0 Å². The SMILES string of the molecule is C[C@@H]1CC(=O)[C@@H](CC(=O)OCC(=O)Nc2cccc(C(F)(F)F)c2)[C@@H]1C[N+](=O)[O-]. The zero-order valence-corrected chi connectivity index (χ0v) is 15.4. The molecule has 3 atom stereocenters. The second kappa shape index (κ2) is 9.01. The van der Waals surface area contributed by atoms with Gasteiger partial charge in [-0.05, 0) is 24.1 Å². The lowest BCUT2D eigenvalue weighted by molar-refractivity contribution is -0.490. The molecule has 0 saturated heterocycles. The molecule has 1 aromatic rings. The summed E-state index contributed by atoms with van der Waals surface area (Å²) in [5, 5.41) is 12.9. The van der Waals surface area contributed by atoms with Gasteiger partial charge in [0.15, 0.2) is 6.61 Å². The van der Waals surface area contributed by atoms with Gasteiger partial charge in [-0.15, -0.1) is 0 Å². The number of nitrogens with zero attached hydrogens (tertiary/aromatic N) is 1. The number of ketones is 1. The van der Waals surface area contributed by atoms with Crippen LogP contribution in [0.5, 0.6) is 0 Å². The highest BCUT2D eigenvalue weighted by Crippen LogP contribution is 2.36. The summed E-state index contributed by atoms with van der Waals surface area (Å²) >= 11 is 0. The van der Waals surface area contributed by atoms with Crippen molar-refractivity contribution in [1.82, 2.24) is 0 Å². The fraction of sp³-hybridized carbons (Fsp3) is 0.500. The molecule has 0 aromatic heterocycles. The molecule has 0 radical (unpaired) electrons. The number of benzene rings is 1. The molecule has 1 aliphatic rings. The molecule has 0 unspecified atom stereocenters. The monoisotopic (exact) mass is 416 g/mol. The quantitative estimate of drug-likeness (QED) is 0.415. The van der Waals surface area contributed by atoms with Gasteiger partial charge in [0, 0.05) is 28.9 Å². The number of carbonyl (C=O) groups excluding carboxylic acids is 3. The number of halogens is 3. The summed E-state index contributed by atoms with van der Waals surface area (Å²) in [6, 6.07) is 3.94. The number of ether oxygens (including phenoxy) is 1. The maximum atomic E-state index is 12.7. The second-order valence-electron chi connectivity index (χ2n) is 6.92. The topological polar surface area (TPSA) is 116 Å². The number of rotatable bonds is 7. The molecule has 158 valence electrons. The predicted molar refractivity (Wildman–Crippen MR) is 93.3 cm³/mol. The Morgan fingerprint density at radius 2 is 2.03 bits per heavy atom. The molecule has 0 bridgehead atoms. The third kappa shape index (κ3) is 6.26. The van der Waals surface area contributed by atoms with Crippen molar-refractivity contribution >= 4 is 23.3 Å². The molecule has 1 aromatic carbocycles. The van der Waals surface area contributed by atoms with Crippen LogP contribution in [0.25, 0.3) is 0 Å². The molecule has 29 heavy (non-hydrogen) atoms. The van der Waals surface area contributed by atoms with E-state index in [1.807, 2.05) is 0 Å². The van der Waals surface area contributed by atoms with Crippen molar-refractivity contribution in [3.63, 3.8) is 0 Å². The molecule has 0 heterocycles. The summed E-state index contributed by atoms with van der Waals surface area (Å²) < 4.78 is 42.8. The van der Waals surface area contributed by atoms with Gasteiger partial charge in [0.2, 0.25) is 6.54 Å². The lowest BCUT2D eigenvalue weighted by atomic mass is 9.88. The van der Waals surface area contributed by atoms with Crippen LogP contribution in [0.4, 0.5) is 18.9 Å². The molecule has 1 fully saturated rings. The van der Waals surface area contributed by atoms with Crippen molar-refractivity contribution in [3.05, 3.63) is 39.9 Å². The average molecular weight is 416 g/mol. The lowest BCUT2D eigenvalue weighted by Gasteiger charge is -2.17. The lowest BCUT2D eigenvalue weighted by Crippen LogP contribution is -2.28. The third-order valence-electron chi connectivity index (χ3n) is 4.77. The molecule has 1 N–H and O–H groups in total. The van der Waals surface area contributed by atoms with Crippen molar-refractivity contribution in [1.29, 1.82) is 0 Å². The molecule has 0 spiro atoms. The van der Waals surface area contributed by atoms with E-state index in [0.717, 1.165) is 18.2 Å². The highest BCUT2D eigenvalue weighted by molar-refractivity contribution is 5.93. The first-order valence-electron chi connectivity index (χ1n) is 8.74. The molecule has 1 saturated carbocycles. The van der Waals surface area contributed by atoms with Crippen molar-refractivity contribution in [2.24, 2.45) is 17.8 Å². The molecule has 1 amide bonds. The van der Waals surface area contributed by atoms with Crippen LogP contribution < -0.4 is 5.32 Å². The van der Waals surface area contributed by atoms with Gasteiger partial charge in [-0.2, -0.15) is 13.2 Å². The number of carbonyl (C=O) groups is 3. The van der Waals surface area contributed by atoms with E-state index in [1.165, 1.54) is 6.07 Å². The first-order chi connectivity index (χ1) is 13.5. The Morgan fingerprint density at radius 3 is 2.66 bits per heavy atom. The zero-order chi connectivity index (χ0) is 21.8. The van der Waals surface area contributed by atoms with Crippen molar-refractivity contribution in [2.75, 3.05) is 18.5 Å². The molecular formula is C18H19F3N2O6. The van der Waals surface area contributed by atoms with E-state index in [0.29, 0.717) is 0 Å². The highest BCUT2D eigenvalue weighted by Gasteiger charge is 2.44. The Kier molecular flexibility index (Phi) is 6.93. The van der Waals surface area contributed by atoms with Crippen LogP contribution in [0.1, 0.15) is 25.3 Å². The summed E-state index contributed by atoms with van der Waals surface area (Å²) in [7, 11) is 0. The average Bonchev–Trinajstić information content (AvgIpc) is 2.86. The van der Waals surface area contributed by atoms with Crippen LogP contribution in [0.2, 0.25) is 0 Å². The number of esters is 1. The van der Waals surface area contributed by atoms with E-state index in [2.05, 4.69) is 5.32 Å². The highest BCUT2D eigenvalue weighted by atomic mass is 19.4. The largest absolute Gasteiger partial charge is 0.456 e. The first kappa shape index (κ1) is 22.3. The van der Waals surface area contributed by atoms with Crippen LogP contribution in [0.15, 0.2) is 24.3 Å². The Labute approximate surface area is 163 Å². The summed E-state index contributed by atoms with van der Waals surface area (Å²) in [4.78, 5) is 46.0. The minimum absolute atomic E-state index is 0.119. The van der Waals surface area contributed by atoms with Gasteiger partial charge >= 0.3 is 12.1 Å². The van der Waals surface area contributed by atoms with E-state index in [4.69, 9.17) is 4.74 Å². The fourth-order valence-electron chi connectivity index (χ4n) is 3.35. The summed E-state index contributed by atoms with van der Waals surface area (Å²) in [6.45, 7) is 0.492. The van der Waals surface area contributed by atoms with Crippen molar-refractivity contribution in [2.45, 2.75) is 25.9 Å². The number of anilines is 1. The fourth-order valence-corrected chi connectivity index (χ4v) is 3.35. The Bertz CT molecular complexity index is 811. The Hall–Kier alpha value is -2.98. The number of alkyl halides is 3. The molecular weight excluding hydrogens is 397 g/mol. The molecule has 8 nitrogen and oxygen atoms in total. The predicted octanol–water partition coefficient (Wildman–Crippen LogP) is 2.70. The third-order valence-corrected chi connectivity index (χ3v) is 4.77. The van der Waals surface area contributed by atoms with Crippen LogP contribution >= 0.6 is 0 Å². The maximum absolute atomic E-state index is 12.7. The van der Waals surface area contributed by atoms with Crippen LogP contribution in [0, 0.1) is 27.9 Å². The minimum Gasteiger partial charge on any atom is -0.456 e. The van der Waals surface area contributed by atoms with E-state index < -0.39 is 59.9 Å². The molecule has 0 aliphatic heterocycles. The zero-order valence-electron chi connectivity index (χ0n) is 15.4. The summed E-state index contributed by atoms with van der Waals surface area (Å²) in [5.74, 6) is -3.70. The van der Waals surface area contributed by atoms with Crippen molar-refractivity contribution in [3.8, 4) is 0 Å². The molecule has 11 heteroatoms. The number of hydrogen-bond donors (Lipinski definition) is 1. The van der Waals surface area contributed by atoms with E-state index in [-0.39, 0.29) is 23.8 Å². The smallest absolute Gasteiger partial charge is 0.416 e. The van der Waals surface area contributed by atoms with E-state index in [1.54, 1.807) is 6.92 Å². The van der Waals surface area contributed by atoms with Gasteiger partial charge in [0.25, 0.3) is 5.91 Å². The standard InChI is InChI=1S/C18H19F3N2O6/c1-10-5-15(24)13(14(10)8-23(27)28)7-17(26)29-9-16(25)22-12-4-2-3-11(6-12)18(19,20)21/h2-4,6,10,13-14H,5,7-9H2,1H3,(H,22,25)/t10-,13+,14-/m1/s1. The summed E-state index contributed by atoms with van der Waals surface area (Å²) in [5.41, 5.74) is -1.07. The second-order valence-corrected chi connectivity index (χ2v) is 6.92. The van der Waals surface area contributed by atoms with Gasteiger partial charge < -0.3 is 10.1 Å².